The lowest BCUT2D eigenvalue weighted by molar-refractivity contribution is -0.143. The minimum atomic E-state index is -0.253. The fourth-order valence-electron chi connectivity index (χ4n) is 1.77. The summed E-state index contributed by atoms with van der Waals surface area (Å²) in [5, 5.41) is 6.28. The summed E-state index contributed by atoms with van der Waals surface area (Å²) in [7, 11) is 0. The van der Waals surface area contributed by atoms with E-state index in [1.807, 2.05) is 6.92 Å². The van der Waals surface area contributed by atoms with E-state index in [1.54, 1.807) is 19.1 Å². The maximum absolute atomic E-state index is 12.8. The van der Waals surface area contributed by atoms with Gasteiger partial charge < -0.3 is 15.4 Å². The van der Waals surface area contributed by atoms with E-state index in [0.29, 0.717) is 38.5 Å². The van der Waals surface area contributed by atoms with Crippen molar-refractivity contribution >= 4 is 35.9 Å². The van der Waals surface area contributed by atoms with E-state index in [0.717, 1.165) is 12.1 Å². The Bertz CT molecular complexity index is 481. The van der Waals surface area contributed by atoms with Crippen molar-refractivity contribution in [3.05, 3.63) is 35.6 Å². The van der Waals surface area contributed by atoms with Crippen LogP contribution in [0, 0.1) is 5.82 Å². The molecule has 0 aliphatic rings. The number of rotatable bonds is 8. The van der Waals surface area contributed by atoms with Gasteiger partial charge in [0.25, 0.3) is 0 Å². The summed E-state index contributed by atoms with van der Waals surface area (Å²) in [5.41, 5.74) is 0.935. The topological polar surface area (TPSA) is 62.7 Å². The van der Waals surface area contributed by atoms with E-state index in [2.05, 4.69) is 15.6 Å². The van der Waals surface area contributed by atoms with Crippen molar-refractivity contribution < 1.29 is 13.9 Å². The second kappa shape index (κ2) is 13.1. The number of guanidine groups is 1. The largest absolute Gasteiger partial charge is 0.466 e. The second-order valence-corrected chi connectivity index (χ2v) is 4.66. The van der Waals surface area contributed by atoms with Crippen molar-refractivity contribution in [2.75, 3.05) is 19.7 Å². The second-order valence-electron chi connectivity index (χ2n) is 4.66. The third-order valence-corrected chi connectivity index (χ3v) is 2.83. The molecule has 0 heterocycles. The molecule has 0 saturated carbocycles. The minimum Gasteiger partial charge on any atom is -0.466 e. The van der Waals surface area contributed by atoms with Gasteiger partial charge in [-0.1, -0.05) is 12.1 Å². The molecule has 0 unspecified atom stereocenters. The molecule has 1 rings (SSSR count). The fraction of sp³-hybridized carbons (Fsp3) is 0.500. The van der Waals surface area contributed by atoms with Gasteiger partial charge in [-0.05, 0) is 38.0 Å². The Morgan fingerprint density at radius 3 is 2.52 bits per heavy atom. The van der Waals surface area contributed by atoms with Gasteiger partial charge in [0.05, 0.1) is 13.2 Å². The van der Waals surface area contributed by atoms with Crippen LogP contribution in [0.3, 0.4) is 0 Å². The average molecular weight is 437 g/mol. The molecule has 0 aliphatic heterocycles. The highest BCUT2D eigenvalue weighted by atomic mass is 127. The Hall–Kier alpha value is -1.38. The number of aliphatic imine (C=N–C) groups is 1. The predicted octanol–water partition coefficient (Wildman–Crippen LogP) is 2.84. The average Bonchev–Trinajstić information content (AvgIpc) is 2.51. The Morgan fingerprint density at radius 1 is 1.22 bits per heavy atom. The van der Waals surface area contributed by atoms with Crippen molar-refractivity contribution in [2.45, 2.75) is 33.2 Å². The van der Waals surface area contributed by atoms with Gasteiger partial charge in [0.1, 0.15) is 5.82 Å². The summed E-state index contributed by atoms with van der Waals surface area (Å²) in [6.07, 6.45) is 1.07. The van der Waals surface area contributed by atoms with Gasteiger partial charge in [-0.25, -0.2) is 9.38 Å². The lowest BCUT2D eigenvalue weighted by Gasteiger charge is -2.11. The number of carbonyl (C=O) groups excluding carboxylic acids is 1. The van der Waals surface area contributed by atoms with E-state index >= 15 is 0 Å². The summed E-state index contributed by atoms with van der Waals surface area (Å²) in [6.45, 7) is 6.03. The van der Waals surface area contributed by atoms with Crippen LogP contribution in [0.4, 0.5) is 4.39 Å². The van der Waals surface area contributed by atoms with Gasteiger partial charge in [-0.15, -0.1) is 24.0 Å². The molecule has 0 radical (unpaired) electrons. The first-order valence-electron chi connectivity index (χ1n) is 7.58. The number of halogens is 2. The quantitative estimate of drug-likeness (QED) is 0.216. The molecule has 1 aromatic carbocycles. The Morgan fingerprint density at radius 2 is 1.91 bits per heavy atom. The van der Waals surface area contributed by atoms with E-state index in [-0.39, 0.29) is 35.8 Å². The molecule has 0 bridgehead atoms. The van der Waals surface area contributed by atoms with Crippen LogP contribution in [0.2, 0.25) is 0 Å². The van der Waals surface area contributed by atoms with Crippen LogP contribution < -0.4 is 10.6 Å². The van der Waals surface area contributed by atoms with Crippen molar-refractivity contribution in [3.8, 4) is 0 Å². The number of benzene rings is 1. The van der Waals surface area contributed by atoms with Gasteiger partial charge >= 0.3 is 5.97 Å². The van der Waals surface area contributed by atoms with Crippen molar-refractivity contribution in [2.24, 2.45) is 4.99 Å². The normalized spacial score (nSPS) is 10.7. The molecule has 23 heavy (non-hydrogen) atoms. The van der Waals surface area contributed by atoms with Gasteiger partial charge in [0, 0.05) is 19.5 Å². The first-order chi connectivity index (χ1) is 10.7. The van der Waals surface area contributed by atoms with Crippen LogP contribution in [0.5, 0.6) is 0 Å². The first-order valence-corrected chi connectivity index (χ1v) is 7.58. The molecule has 0 aromatic heterocycles. The Balaban J connectivity index is 0.00000484. The Labute approximate surface area is 154 Å². The third-order valence-electron chi connectivity index (χ3n) is 2.83. The number of nitrogens with zero attached hydrogens (tertiary/aromatic N) is 1. The zero-order valence-electron chi connectivity index (χ0n) is 13.6. The van der Waals surface area contributed by atoms with Crippen LogP contribution >= 0.6 is 24.0 Å². The maximum atomic E-state index is 12.8. The number of ether oxygens (including phenoxy) is 1. The van der Waals surface area contributed by atoms with Gasteiger partial charge in [-0.3, -0.25) is 4.79 Å². The van der Waals surface area contributed by atoms with Gasteiger partial charge in [0.15, 0.2) is 5.96 Å². The van der Waals surface area contributed by atoms with Crippen molar-refractivity contribution in [1.82, 2.24) is 10.6 Å². The summed E-state index contributed by atoms with van der Waals surface area (Å²) in [4.78, 5) is 15.6. The smallest absolute Gasteiger partial charge is 0.305 e. The van der Waals surface area contributed by atoms with E-state index in [4.69, 9.17) is 4.74 Å². The molecule has 0 aliphatic carbocycles. The summed E-state index contributed by atoms with van der Waals surface area (Å²) in [5.74, 6) is 0.241. The summed E-state index contributed by atoms with van der Waals surface area (Å²) in [6, 6.07) is 6.27. The van der Waals surface area contributed by atoms with Crippen molar-refractivity contribution in [1.29, 1.82) is 0 Å². The first kappa shape index (κ1) is 21.6. The zero-order chi connectivity index (χ0) is 16.2. The van der Waals surface area contributed by atoms with Gasteiger partial charge in [0.2, 0.25) is 0 Å². The molecule has 7 heteroatoms. The minimum absolute atomic E-state index is 0. The predicted molar refractivity (Wildman–Crippen MR) is 101 cm³/mol. The van der Waals surface area contributed by atoms with Crippen LogP contribution in [0.1, 0.15) is 32.3 Å². The van der Waals surface area contributed by atoms with Crippen LogP contribution in [0.25, 0.3) is 0 Å². The molecule has 5 nitrogen and oxygen atoms in total. The molecule has 0 amide bonds. The zero-order valence-corrected chi connectivity index (χ0v) is 15.9. The third kappa shape index (κ3) is 10.1. The standard InChI is InChI=1S/C16H24FN3O2.HI/c1-3-18-16(19-11-5-6-15(21)22-4-2)20-12-13-7-9-14(17)10-8-13;/h7-10H,3-6,11-12H2,1-2H3,(H2,18,19,20);1H. The maximum Gasteiger partial charge on any atom is 0.305 e. The molecular weight excluding hydrogens is 412 g/mol. The molecule has 0 fully saturated rings. The molecule has 2 N–H and O–H groups in total. The summed E-state index contributed by atoms with van der Waals surface area (Å²) >= 11 is 0. The molecule has 0 saturated heterocycles. The van der Waals surface area contributed by atoms with Crippen molar-refractivity contribution in [3.63, 3.8) is 0 Å². The molecule has 0 atom stereocenters. The molecule has 1 aromatic rings. The fourth-order valence-corrected chi connectivity index (χ4v) is 1.77. The lowest BCUT2D eigenvalue weighted by Crippen LogP contribution is -2.37. The highest BCUT2D eigenvalue weighted by molar-refractivity contribution is 14.0. The van der Waals surface area contributed by atoms with Crippen LogP contribution in [0.15, 0.2) is 29.3 Å². The van der Waals surface area contributed by atoms with Gasteiger partial charge in [-0.2, -0.15) is 0 Å². The summed E-state index contributed by atoms with van der Waals surface area (Å²) < 4.78 is 17.7. The number of hydrogen-bond acceptors (Lipinski definition) is 3. The highest BCUT2D eigenvalue weighted by Crippen LogP contribution is 2.03. The van der Waals surface area contributed by atoms with Crippen LogP contribution in [-0.4, -0.2) is 31.6 Å². The highest BCUT2D eigenvalue weighted by Gasteiger charge is 2.02. The number of hydrogen-bond donors (Lipinski definition) is 2. The molecule has 0 spiro atoms. The van der Waals surface area contributed by atoms with E-state index in [9.17, 15) is 9.18 Å². The van der Waals surface area contributed by atoms with E-state index < -0.39 is 0 Å². The van der Waals surface area contributed by atoms with E-state index in [1.165, 1.54) is 12.1 Å². The number of carbonyl (C=O) groups is 1. The molecular formula is C16H25FIN3O2. The molecule has 130 valence electrons. The Kier molecular flexibility index (Phi) is 12.3. The van der Waals surface area contributed by atoms with Crippen LogP contribution in [-0.2, 0) is 16.1 Å². The lowest BCUT2D eigenvalue weighted by atomic mass is 10.2. The SMILES string of the molecule is CCNC(=NCc1ccc(F)cc1)NCCCC(=O)OCC.I. The number of esters is 1. The number of nitrogens with one attached hydrogen (secondary N) is 2. The monoisotopic (exact) mass is 437 g/mol.